The van der Waals surface area contributed by atoms with Crippen LogP contribution in [0.15, 0.2) is 18.2 Å². The Bertz CT molecular complexity index is 555. The SMILES string of the molecule is COc1ccc(CN(C)C(=O)CCC2CCNC2)cc1OC(F)F.Cl. The van der Waals surface area contributed by atoms with Crippen molar-refractivity contribution in [1.29, 1.82) is 0 Å². The molecule has 25 heavy (non-hydrogen) atoms. The van der Waals surface area contributed by atoms with E-state index in [0.29, 0.717) is 24.4 Å². The lowest BCUT2D eigenvalue weighted by molar-refractivity contribution is -0.130. The Morgan fingerprint density at radius 1 is 1.40 bits per heavy atom. The smallest absolute Gasteiger partial charge is 0.387 e. The average molecular weight is 379 g/mol. The maximum Gasteiger partial charge on any atom is 0.387 e. The third-order valence-electron chi connectivity index (χ3n) is 4.22. The quantitative estimate of drug-likeness (QED) is 0.755. The van der Waals surface area contributed by atoms with Gasteiger partial charge in [0.15, 0.2) is 11.5 Å². The predicted octanol–water partition coefficient (Wildman–Crippen LogP) is 3.07. The zero-order chi connectivity index (χ0) is 17.5. The Kier molecular flexibility index (Phi) is 8.92. The van der Waals surface area contributed by atoms with Gasteiger partial charge in [-0.2, -0.15) is 8.78 Å². The number of methoxy groups -OCH3 is 1. The van der Waals surface area contributed by atoms with E-state index in [1.807, 2.05) is 0 Å². The Morgan fingerprint density at radius 2 is 2.16 bits per heavy atom. The molecule has 1 unspecified atom stereocenters. The van der Waals surface area contributed by atoms with Crippen LogP contribution in [0.4, 0.5) is 8.78 Å². The van der Waals surface area contributed by atoms with Crippen molar-refractivity contribution in [2.24, 2.45) is 5.92 Å². The molecule has 0 radical (unpaired) electrons. The molecule has 1 aromatic carbocycles. The highest BCUT2D eigenvalue weighted by Crippen LogP contribution is 2.30. The van der Waals surface area contributed by atoms with Gasteiger partial charge in [-0.3, -0.25) is 4.79 Å². The first kappa shape index (κ1) is 21.4. The first-order valence-electron chi connectivity index (χ1n) is 8.06. The van der Waals surface area contributed by atoms with Crippen LogP contribution in [-0.2, 0) is 11.3 Å². The molecule has 0 bridgehead atoms. The standard InChI is InChI=1S/C17H24F2N2O3.ClH/c1-21(16(22)6-4-12-7-8-20-10-12)11-13-3-5-14(23-2)15(9-13)24-17(18)19;/h3,5,9,12,17,20H,4,6-8,10-11H2,1-2H3;1H. The van der Waals surface area contributed by atoms with Crippen LogP contribution in [0.5, 0.6) is 11.5 Å². The van der Waals surface area contributed by atoms with Gasteiger partial charge in [-0.25, -0.2) is 0 Å². The van der Waals surface area contributed by atoms with Crippen molar-refractivity contribution in [3.63, 3.8) is 0 Å². The highest BCUT2D eigenvalue weighted by atomic mass is 35.5. The van der Waals surface area contributed by atoms with Crippen molar-refractivity contribution in [2.45, 2.75) is 32.4 Å². The van der Waals surface area contributed by atoms with E-state index in [1.165, 1.54) is 13.2 Å². The first-order chi connectivity index (χ1) is 11.5. The minimum absolute atomic E-state index is 0. The van der Waals surface area contributed by atoms with Gasteiger partial charge in [-0.15, -0.1) is 12.4 Å². The molecular weight excluding hydrogens is 354 g/mol. The summed E-state index contributed by atoms with van der Waals surface area (Å²) in [6, 6.07) is 4.78. The van der Waals surface area contributed by atoms with Gasteiger partial charge >= 0.3 is 6.61 Å². The molecule has 1 N–H and O–H groups in total. The van der Waals surface area contributed by atoms with E-state index >= 15 is 0 Å². The van der Waals surface area contributed by atoms with Crippen molar-refractivity contribution in [2.75, 3.05) is 27.2 Å². The molecule has 1 amide bonds. The van der Waals surface area contributed by atoms with Gasteiger partial charge in [0.25, 0.3) is 0 Å². The molecule has 5 nitrogen and oxygen atoms in total. The minimum atomic E-state index is -2.92. The molecule has 8 heteroatoms. The normalized spacial score (nSPS) is 16.4. The molecule has 0 spiro atoms. The molecule has 0 aliphatic carbocycles. The maximum atomic E-state index is 12.5. The molecule has 1 aliphatic heterocycles. The number of nitrogens with zero attached hydrogens (tertiary/aromatic N) is 1. The van der Waals surface area contributed by atoms with E-state index in [9.17, 15) is 13.6 Å². The predicted molar refractivity (Wildman–Crippen MR) is 93.6 cm³/mol. The fourth-order valence-corrected chi connectivity index (χ4v) is 2.85. The van der Waals surface area contributed by atoms with Crippen LogP contribution in [-0.4, -0.2) is 44.7 Å². The molecule has 1 fully saturated rings. The Balaban J connectivity index is 0.00000312. The summed E-state index contributed by atoms with van der Waals surface area (Å²) in [6.07, 6.45) is 2.49. The van der Waals surface area contributed by atoms with Gasteiger partial charge in [0.2, 0.25) is 5.91 Å². The number of ether oxygens (including phenoxy) is 2. The summed E-state index contributed by atoms with van der Waals surface area (Å²) in [6.45, 7) is -0.587. The summed E-state index contributed by atoms with van der Waals surface area (Å²) in [5.74, 6) is 0.827. The topological polar surface area (TPSA) is 50.8 Å². The van der Waals surface area contributed by atoms with Crippen molar-refractivity contribution in [1.82, 2.24) is 10.2 Å². The summed E-state index contributed by atoms with van der Waals surface area (Å²) in [7, 11) is 3.11. The van der Waals surface area contributed by atoms with E-state index in [0.717, 1.165) is 25.9 Å². The first-order valence-corrected chi connectivity index (χ1v) is 8.06. The second-order valence-corrected chi connectivity index (χ2v) is 6.01. The summed E-state index contributed by atoms with van der Waals surface area (Å²) < 4.78 is 34.4. The van der Waals surface area contributed by atoms with Crippen LogP contribution in [0.25, 0.3) is 0 Å². The van der Waals surface area contributed by atoms with Gasteiger partial charge in [0, 0.05) is 20.0 Å². The molecular formula is C17H25ClF2N2O3. The molecule has 2 rings (SSSR count). The average Bonchev–Trinajstić information content (AvgIpc) is 3.05. The molecule has 1 saturated heterocycles. The number of nitrogens with one attached hydrogen (secondary N) is 1. The molecule has 1 aliphatic rings. The van der Waals surface area contributed by atoms with Crippen LogP contribution >= 0.6 is 12.4 Å². The second-order valence-electron chi connectivity index (χ2n) is 6.01. The number of halogens is 3. The van der Waals surface area contributed by atoms with Gasteiger partial charge in [-0.05, 0) is 49.5 Å². The van der Waals surface area contributed by atoms with Crippen molar-refractivity contribution in [3.8, 4) is 11.5 Å². The van der Waals surface area contributed by atoms with Crippen LogP contribution in [0.3, 0.4) is 0 Å². The number of hydrogen-bond acceptors (Lipinski definition) is 4. The lowest BCUT2D eigenvalue weighted by Gasteiger charge is -2.19. The maximum absolute atomic E-state index is 12.5. The molecule has 0 aromatic heterocycles. The summed E-state index contributed by atoms with van der Waals surface area (Å²) in [5, 5.41) is 3.29. The zero-order valence-electron chi connectivity index (χ0n) is 14.5. The summed E-state index contributed by atoms with van der Waals surface area (Å²) in [4.78, 5) is 13.8. The third-order valence-corrected chi connectivity index (χ3v) is 4.22. The van der Waals surface area contributed by atoms with Crippen LogP contribution in [0, 0.1) is 5.92 Å². The number of amides is 1. The van der Waals surface area contributed by atoms with Gasteiger partial charge < -0.3 is 19.7 Å². The number of carbonyl (C=O) groups is 1. The van der Waals surface area contributed by atoms with Crippen LogP contribution < -0.4 is 14.8 Å². The highest BCUT2D eigenvalue weighted by molar-refractivity contribution is 5.85. The van der Waals surface area contributed by atoms with Crippen molar-refractivity contribution in [3.05, 3.63) is 23.8 Å². The Morgan fingerprint density at radius 3 is 2.76 bits per heavy atom. The van der Waals surface area contributed by atoms with E-state index in [2.05, 4.69) is 10.1 Å². The fraction of sp³-hybridized carbons (Fsp3) is 0.588. The lowest BCUT2D eigenvalue weighted by atomic mass is 10.0. The molecule has 1 atom stereocenters. The number of rotatable bonds is 8. The van der Waals surface area contributed by atoms with E-state index in [4.69, 9.17) is 4.74 Å². The van der Waals surface area contributed by atoms with E-state index in [1.54, 1.807) is 24.1 Å². The summed E-state index contributed by atoms with van der Waals surface area (Å²) >= 11 is 0. The van der Waals surface area contributed by atoms with E-state index < -0.39 is 6.61 Å². The molecule has 142 valence electrons. The number of alkyl halides is 2. The number of carbonyl (C=O) groups excluding carboxylic acids is 1. The lowest BCUT2D eigenvalue weighted by Crippen LogP contribution is -2.26. The molecule has 1 heterocycles. The Hall–Kier alpha value is -1.60. The van der Waals surface area contributed by atoms with E-state index in [-0.39, 0.29) is 29.8 Å². The third kappa shape index (κ3) is 6.66. The second kappa shape index (κ2) is 10.4. The zero-order valence-corrected chi connectivity index (χ0v) is 15.3. The van der Waals surface area contributed by atoms with Gasteiger partial charge in [-0.1, -0.05) is 6.07 Å². The monoisotopic (exact) mass is 378 g/mol. The minimum Gasteiger partial charge on any atom is -0.493 e. The van der Waals surface area contributed by atoms with Gasteiger partial charge in [0.05, 0.1) is 7.11 Å². The number of hydrogen-bond donors (Lipinski definition) is 1. The van der Waals surface area contributed by atoms with Crippen molar-refractivity contribution < 1.29 is 23.0 Å². The fourth-order valence-electron chi connectivity index (χ4n) is 2.85. The van der Waals surface area contributed by atoms with Crippen LogP contribution in [0.2, 0.25) is 0 Å². The number of benzene rings is 1. The summed E-state index contributed by atoms with van der Waals surface area (Å²) in [5.41, 5.74) is 0.713. The highest BCUT2D eigenvalue weighted by Gasteiger charge is 2.18. The van der Waals surface area contributed by atoms with Crippen molar-refractivity contribution >= 4 is 18.3 Å². The Labute approximate surface area is 153 Å². The van der Waals surface area contributed by atoms with Gasteiger partial charge in [0.1, 0.15) is 0 Å². The molecule has 0 saturated carbocycles. The largest absolute Gasteiger partial charge is 0.493 e. The molecule has 1 aromatic rings. The van der Waals surface area contributed by atoms with Crippen LogP contribution in [0.1, 0.15) is 24.8 Å².